The number of carbonyl (C=O) groups excluding carboxylic acids is 1. The lowest BCUT2D eigenvalue weighted by atomic mass is 10.1. The highest BCUT2D eigenvalue weighted by atomic mass is 32.2. The van der Waals surface area contributed by atoms with Crippen LogP contribution in [0.15, 0.2) is 48.5 Å². The van der Waals surface area contributed by atoms with Crippen LogP contribution in [-0.4, -0.2) is 47.9 Å². The molecule has 0 aliphatic rings. The van der Waals surface area contributed by atoms with Crippen LogP contribution < -0.4 is 19.1 Å². The summed E-state index contributed by atoms with van der Waals surface area (Å²) in [5.74, 6) is 1.03. The lowest BCUT2D eigenvalue weighted by molar-refractivity contribution is 0.0947. The highest BCUT2D eigenvalue weighted by molar-refractivity contribution is 7.92. The van der Waals surface area contributed by atoms with Gasteiger partial charge in [-0.3, -0.25) is 9.10 Å². The Morgan fingerprint density at radius 3 is 2.31 bits per heavy atom. The summed E-state index contributed by atoms with van der Waals surface area (Å²) in [6.45, 7) is 0.559. The van der Waals surface area contributed by atoms with Gasteiger partial charge in [-0.25, -0.2) is 8.42 Å². The fraction of sp³-hybridized carbons (Fsp3) is 0.278. The Morgan fingerprint density at radius 2 is 1.69 bits per heavy atom. The number of methoxy groups -OCH3 is 1. The molecule has 0 aliphatic heterocycles. The number of hydrogen-bond donors (Lipinski definition) is 1. The summed E-state index contributed by atoms with van der Waals surface area (Å²) in [6.07, 6.45) is 1.09. The van der Waals surface area contributed by atoms with Crippen molar-refractivity contribution in [3.8, 4) is 11.5 Å². The largest absolute Gasteiger partial charge is 0.497 e. The number of hydrogen-bond acceptors (Lipinski definition) is 5. The number of nitrogens with one attached hydrogen (secondary N) is 1. The zero-order valence-corrected chi connectivity index (χ0v) is 15.7. The van der Waals surface area contributed by atoms with Gasteiger partial charge in [-0.1, -0.05) is 12.1 Å². The fourth-order valence-corrected chi connectivity index (χ4v) is 2.74. The van der Waals surface area contributed by atoms with Crippen LogP contribution in [0.2, 0.25) is 0 Å². The summed E-state index contributed by atoms with van der Waals surface area (Å²) in [5.41, 5.74) is 0.605. The van der Waals surface area contributed by atoms with E-state index in [-0.39, 0.29) is 24.6 Å². The first-order valence-corrected chi connectivity index (χ1v) is 9.75. The maximum Gasteiger partial charge on any atom is 0.253 e. The maximum absolute atomic E-state index is 12.4. The quantitative estimate of drug-likeness (QED) is 0.709. The molecule has 8 heteroatoms. The summed E-state index contributed by atoms with van der Waals surface area (Å²) in [4.78, 5) is 12.4. The summed E-state index contributed by atoms with van der Waals surface area (Å²) < 4.78 is 35.2. The standard InChI is InChI=1S/C18H22N2O5S/c1-20(26(3,22)23)17-7-5-4-6-16(17)18(21)19-12-13-25-15-10-8-14(24-2)9-11-15/h4-11H,12-13H2,1-3H3,(H,19,21). The van der Waals surface area contributed by atoms with Gasteiger partial charge in [0.2, 0.25) is 10.0 Å². The number of amides is 1. The van der Waals surface area contributed by atoms with Crippen LogP contribution in [0.4, 0.5) is 5.69 Å². The molecule has 1 N–H and O–H groups in total. The fourth-order valence-electron chi connectivity index (χ4n) is 2.22. The minimum absolute atomic E-state index is 0.280. The average molecular weight is 378 g/mol. The first-order chi connectivity index (χ1) is 12.3. The highest BCUT2D eigenvalue weighted by Crippen LogP contribution is 2.21. The van der Waals surface area contributed by atoms with E-state index < -0.39 is 10.0 Å². The van der Waals surface area contributed by atoms with Crippen LogP contribution in [-0.2, 0) is 10.0 Å². The van der Waals surface area contributed by atoms with E-state index in [1.165, 1.54) is 7.05 Å². The Hall–Kier alpha value is -2.74. The molecule has 7 nitrogen and oxygen atoms in total. The summed E-state index contributed by atoms with van der Waals surface area (Å²) >= 11 is 0. The normalized spacial score (nSPS) is 10.9. The summed E-state index contributed by atoms with van der Waals surface area (Å²) in [6, 6.07) is 13.6. The third-order valence-corrected chi connectivity index (χ3v) is 4.89. The third kappa shape index (κ3) is 5.13. The molecule has 0 fully saturated rings. The van der Waals surface area contributed by atoms with E-state index in [0.29, 0.717) is 11.4 Å². The average Bonchev–Trinajstić information content (AvgIpc) is 2.64. The number of para-hydroxylation sites is 1. The second kappa shape index (κ2) is 8.57. The van der Waals surface area contributed by atoms with Gasteiger partial charge in [-0.05, 0) is 36.4 Å². The van der Waals surface area contributed by atoms with Gasteiger partial charge in [0.15, 0.2) is 0 Å². The van der Waals surface area contributed by atoms with Gasteiger partial charge in [-0.15, -0.1) is 0 Å². The Labute approximate surface area is 153 Å². The van der Waals surface area contributed by atoms with Crippen molar-refractivity contribution in [1.29, 1.82) is 0 Å². The Bertz CT molecular complexity index is 850. The maximum atomic E-state index is 12.4. The van der Waals surface area contributed by atoms with Gasteiger partial charge >= 0.3 is 0 Å². The molecule has 0 saturated heterocycles. The molecule has 0 heterocycles. The van der Waals surface area contributed by atoms with Gasteiger partial charge in [0.1, 0.15) is 18.1 Å². The van der Waals surface area contributed by atoms with Crippen LogP contribution in [0.5, 0.6) is 11.5 Å². The molecule has 1 amide bonds. The van der Waals surface area contributed by atoms with Gasteiger partial charge in [-0.2, -0.15) is 0 Å². The number of carbonyl (C=O) groups is 1. The van der Waals surface area contributed by atoms with E-state index in [1.54, 1.807) is 55.6 Å². The van der Waals surface area contributed by atoms with Crippen molar-refractivity contribution in [1.82, 2.24) is 5.32 Å². The van der Waals surface area contributed by atoms with Crippen molar-refractivity contribution in [2.75, 3.05) is 37.9 Å². The van der Waals surface area contributed by atoms with E-state index >= 15 is 0 Å². The third-order valence-electron chi connectivity index (χ3n) is 3.70. The lowest BCUT2D eigenvalue weighted by Gasteiger charge is -2.19. The van der Waals surface area contributed by atoms with Crippen LogP contribution in [0.1, 0.15) is 10.4 Å². The zero-order valence-electron chi connectivity index (χ0n) is 14.9. The molecule has 0 radical (unpaired) electrons. The minimum Gasteiger partial charge on any atom is -0.497 e. The van der Waals surface area contributed by atoms with Crippen LogP contribution in [0, 0.1) is 0 Å². The van der Waals surface area contributed by atoms with Crippen molar-refractivity contribution < 1.29 is 22.7 Å². The van der Waals surface area contributed by atoms with Crippen molar-refractivity contribution in [2.24, 2.45) is 0 Å². The second-order valence-corrected chi connectivity index (χ2v) is 7.54. The van der Waals surface area contributed by atoms with Crippen LogP contribution in [0.3, 0.4) is 0 Å². The first kappa shape index (κ1) is 19.6. The van der Waals surface area contributed by atoms with E-state index in [0.717, 1.165) is 16.3 Å². The van der Waals surface area contributed by atoms with Crippen molar-refractivity contribution >= 4 is 21.6 Å². The highest BCUT2D eigenvalue weighted by Gasteiger charge is 2.19. The molecule has 140 valence electrons. The number of ether oxygens (including phenoxy) is 2. The van der Waals surface area contributed by atoms with Crippen LogP contribution in [0.25, 0.3) is 0 Å². The predicted molar refractivity (Wildman–Crippen MR) is 101 cm³/mol. The number of anilines is 1. The molecule has 0 aliphatic carbocycles. The molecule has 0 bridgehead atoms. The molecule has 0 saturated carbocycles. The van der Waals surface area contributed by atoms with E-state index in [2.05, 4.69) is 5.32 Å². The molecule has 2 rings (SSSR count). The summed E-state index contributed by atoms with van der Waals surface area (Å²) in [7, 11) is -0.462. The van der Waals surface area contributed by atoms with E-state index in [4.69, 9.17) is 9.47 Å². The smallest absolute Gasteiger partial charge is 0.253 e. The molecular formula is C18H22N2O5S. The van der Waals surface area contributed by atoms with E-state index in [9.17, 15) is 13.2 Å². The topological polar surface area (TPSA) is 84.9 Å². The molecule has 0 unspecified atom stereocenters. The number of sulfonamides is 1. The lowest BCUT2D eigenvalue weighted by Crippen LogP contribution is -2.31. The SMILES string of the molecule is COc1ccc(OCCNC(=O)c2ccccc2N(C)S(C)(=O)=O)cc1. The molecule has 0 atom stereocenters. The van der Waals surface area contributed by atoms with Gasteiger partial charge in [0.05, 0.1) is 31.2 Å². The number of rotatable bonds is 8. The van der Waals surface area contributed by atoms with Gasteiger partial charge < -0.3 is 14.8 Å². The molecule has 26 heavy (non-hydrogen) atoms. The summed E-state index contributed by atoms with van der Waals surface area (Å²) in [5, 5.41) is 2.73. The Morgan fingerprint density at radius 1 is 1.08 bits per heavy atom. The van der Waals surface area contributed by atoms with Crippen molar-refractivity contribution in [2.45, 2.75) is 0 Å². The Kier molecular flexibility index (Phi) is 6.46. The predicted octanol–water partition coefficient (Wildman–Crippen LogP) is 1.90. The van der Waals surface area contributed by atoms with Gasteiger partial charge in [0.25, 0.3) is 5.91 Å². The first-order valence-electron chi connectivity index (χ1n) is 7.91. The minimum atomic E-state index is -3.46. The number of benzene rings is 2. The molecule has 2 aromatic carbocycles. The van der Waals surface area contributed by atoms with Crippen molar-refractivity contribution in [3.63, 3.8) is 0 Å². The molecule has 2 aromatic rings. The number of nitrogens with zero attached hydrogens (tertiary/aromatic N) is 1. The second-order valence-electron chi connectivity index (χ2n) is 5.53. The van der Waals surface area contributed by atoms with Crippen LogP contribution >= 0.6 is 0 Å². The van der Waals surface area contributed by atoms with Gasteiger partial charge in [0, 0.05) is 7.05 Å². The Balaban J connectivity index is 1.94. The molecular weight excluding hydrogens is 356 g/mol. The van der Waals surface area contributed by atoms with E-state index in [1.807, 2.05) is 0 Å². The van der Waals surface area contributed by atoms with Crippen molar-refractivity contribution in [3.05, 3.63) is 54.1 Å². The zero-order chi connectivity index (χ0) is 19.2. The molecule has 0 spiro atoms. The monoisotopic (exact) mass is 378 g/mol. The molecule has 0 aromatic heterocycles.